The van der Waals surface area contributed by atoms with E-state index in [0.29, 0.717) is 10.7 Å². The molecule has 2 N–H and O–H groups in total. The van der Waals surface area contributed by atoms with Crippen molar-refractivity contribution in [2.75, 3.05) is 30.8 Å². The van der Waals surface area contributed by atoms with Crippen LogP contribution in [0.2, 0.25) is 5.02 Å². The number of nitrogens with zero attached hydrogens (tertiary/aromatic N) is 1. The summed E-state index contributed by atoms with van der Waals surface area (Å²) in [4.78, 5) is 13.6. The molecule has 0 spiro atoms. The number of nitrogens with two attached hydrogens (primary N) is 1. The number of carbonyl (C=O) groups is 1. The highest BCUT2D eigenvalue weighted by molar-refractivity contribution is 6.31. The van der Waals surface area contributed by atoms with Gasteiger partial charge in [-0.2, -0.15) is 0 Å². The molecule has 0 amide bonds. The number of halogens is 1. The van der Waals surface area contributed by atoms with Crippen molar-refractivity contribution in [1.29, 1.82) is 0 Å². The van der Waals surface area contributed by atoms with Crippen molar-refractivity contribution in [3.63, 3.8) is 0 Å². The van der Waals surface area contributed by atoms with Crippen LogP contribution >= 0.6 is 11.6 Å². The third-order valence-corrected chi connectivity index (χ3v) is 3.59. The first-order chi connectivity index (χ1) is 8.61. The van der Waals surface area contributed by atoms with Gasteiger partial charge >= 0.3 is 5.97 Å². The minimum atomic E-state index is -0.112. The Kier molecular flexibility index (Phi) is 3.97. The van der Waals surface area contributed by atoms with Crippen molar-refractivity contribution in [3.8, 4) is 0 Å². The monoisotopic (exact) mass is 268 g/mol. The number of esters is 1. The molecule has 1 saturated heterocycles. The summed E-state index contributed by atoms with van der Waals surface area (Å²) in [5, 5.41) is 0.640. The summed E-state index contributed by atoms with van der Waals surface area (Å²) in [6.45, 7) is 1.62. The average Bonchev–Trinajstić information content (AvgIpc) is 2.38. The van der Waals surface area contributed by atoms with Crippen LogP contribution in [0.3, 0.4) is 0 Å². The van der Waals surface area contributed by atoms with Gasteiger partial charge in [-0.15, -0.1) is 0 Å². The summed E-state index contributed by atoms with van der Waals surface area (Å²) >= 11 is 5.88. The molecule has 1 aromatic rings. The number of piperidine rings is 1. The second kappa shape index (κ2) is 5.48. The Morgan fingerprint density at radius 3 is 2.67 bits per heavy atom. The summed E-state index contributed by atoms with van der Waals surface area (Å²) < 4.78 is 4.77. The van der Waals surface area contributed by atoms with E-state index in [-0.39, 0.29) is 11.9 Å². The molecule has 0 aromatic heterocycles. The van der Waals surface area contributed by atoms with Crippen molar-refractivity contribution in [1.82, 2.24) is 0 Å². The molecular weight excluding hydrogens is 252 g/mol. The number of rotatable bonds is 2. The number of carbonyl (C=O) groups excluding carboxylic acids is 1. The van der Waals surface area contributed by atoms with E-state index < -0.39 is 0 Å². The summed E-state index contributed by atoms with van der Waals surface area (Å²) in [6, 6.07) is 5.51. The average molecular weight is 269 g/mol. The molecule has 4 nitrogen and oxygen atoms in total. The number of hydrogen-bond donors (Lipinski definition) is 1. The molecular formula is C13H17ClN2O2. The maximum absolute atomic E-state index is 11.4. The molecule has 98 valence electrons. The van der Waals surface area contributed by atoms with Crippen molar-refractivity contribution in [3.05, 3.63) is 23.2 Å². The van der Waals surface area contributed by atoms with E-state index in [9.17, 15) is 4.79 Å². The molecule has 0 radical (unpaired) electrons. The highest BCUT2D eigenvalue weighted by Gasteiger charge is 2.26. The van der Waals surface area contributed by atoms with Crippen molar-refractivity contribution >= 4 is 28.9 Å². The predicted octanol–water partition coefficient (Wildman–Crippen LogP) is 2.31. The highest BCUT2D eigenvalue weighted by atomic mass is 35.5. The zero-order valence-electron chi connectivity index (χ0n) is 10.4. The van der Waals surface area contributed by atoms with E-state index in [1.165, 1.54) is 7.11 Å². The fourth-order valence-corrected chi connectivity index (χ4v) is 2.52. The van der Waals surface area contributed by atoms with Crippen LogP contribution in [0.1, 0.15) is 12.8 Å². The Balaban J connectivity index is 2.03. The van der Waals surface area contributed by atoms with E-state index in [4.69, 9.17) is 22.1 Å². The fourth-order valence-electron chi connectivity index (χ4n) is 2.34. The lowest BCUT2D eigenvalue weighted by Crippen LogP contribution is -2.37. The van der Waals surface area contributed by atoms with Crippen LogP contribution in [0.25, 0.3) is 0 Å². The SMILES string of the molecule is COC(=O)C1CCN(c2ccc(Cl)cc2N)CC1. The lowest BCUT2D eigenvalue weighted by molar-refractivity contribution is -0.146. The zero-order valence-corrected chi connectivity index (χ0v) is 11.1. The van der Waals surface area contributed by atoms with Gasteiger partial charge < -0.3 is 15.4 Å². The molecule has 18 heavy (non-hydrogen) atoms. The lowest BCUT2D eigenvalue weighted by Gasteiger charge is -2.33. The second-order valence-corrected chi connectivity index (χ2v) is 4.92. The van der Waals surface area contributed by atoms with E-state index >= 15 is 0 Å². The van der Waals surface area contributed by atoms with Crippen molar-refractivity contribution in [2.45, 2.75) is 12.8 Å². The van der Waals surface area contributed by atoms with Gasteiger partial charge in [-0.3, -0.25) is 4.79 Å². The van der Waals surface area contributed by atoms with E-state index in [0.717, 1.165) is 31.6 Å². The van der Waals surface area contributed by atoms with E-state index in [2.05, 4.69) is 4.90 Å². The predicted molar refractivity (Wildman–Crippen MR) is 72.8 cm³/mol. The van der Waals surface area contributed by atoms with Crippen LogP contribution in [0, 0.1) is 5.92 Å². The molecule has 0 bridgehead atoms. The van der Waals surface area contributed by atoms with Gasteiger partial charge in [0.15, 0.2) is 0 Å². The second-order valence-electron chi connectivity index (χ2n) is 4.49. The third-order valence-electron chi connectivity index (χ3n) is 3.36. The van der Waals surface area contributed by atoms with Gasteiger partial charge in [-0.25, -0.2) is 0 Å². The Morgan fingerprint density at radius 1 is 1.44 bits per heavy atom. The van der Waals surface area contributed by atoms with Gasteiger partial charge in [0.05, 0.1) is 24.4 Å². The molecule has 0 aliphatic carbocycles. The molecule has 0 saturated carbocycles. The van der Waals surface area contributed by atoms with E-state index in [1.807, 2.05) is 12.1 Å². The number of ether oxygens (including phenoxy) is 1. The normalized spacial score (nSPS) is 16.7. The highest BCUT2D eigenvalue weighted by Crippen LogP contribution is 2.30. The summed E-state index contributed by atoms with van der Waals surface area (Å²) in [6.07, 6.45) is 1.60. The van der Waals surface area contributed by atoms with Gasteiger partial charge in [-0.05, 0) is 31.0 Å². The first kappa shape index (κ1) is 13.0. The topological polar surface area (TPSA) is 55.6 Å². The Bertz CT molecular complexity index is 443. The summed E-state index contributed by atoms with van der Waals surface area (Å²) in [5.41, 5.74) is 7.62. The molecule has 1 fully saturated rings. The molecule has 1 aromatic carbocycles. The molecule has 0 atom stereocenters. The largest absolute Gasteiger partial charge is 0.469 e. The first-order valence-corrected chi connectivity index (χ1v) is 6.37. The molecule has 1 aliphatic rings. The Hall–Kier alpha value is -1.42. The van der Waals surface area contributed by atoms with Gasteiger partial charge in [0.2, 0.25) is 0 Å². The van der Waals surface area contributed by atoms with Crippen LogP contribution in [0.4, 0.5) is 11.4 Å². The third kappa shape index (κ3) is 2.70. The molecule has 1 heterocycles. The van der Waals surface area contributed by atoms with Crippen LogP contribution in [-0.4, -0.2) is 26.2 Å². The van der Waals surface area contributed by atoms with Crippen molar-refractivity contribution in [2.24, 2.45) is 5.92 Å². The van der Waals surface area contributed by atoms with Crippen LogP contribution in [-0.2, 0) is 9.53 Å². The number of hydrogen-bond acceptors (Lipinski definition) is 4. The quantitative estimate of drug-likeness (QED) is 0.661. The van der Waals surface area contributed by atoms with Gasteiger partial charge in [0.1, 0.15) is 0 Å². The van der Waals surface area contributed by atoms with Crippen LogP contribution < -0.4 is 10.6 Å². The molecule has 0 unspecified atom stereocenters. The number of anilines is 2. The Morgan fingerprint density at radius 2 is 2.11 bits per heavy atom. The maximum Gasteiger partial charge on any atom is 0.308 e. The molecule has 5 heteroatoms. The first-order valence-electron chi connectivity index (χ1n) is 5.99. The zero-order chi connectivity index (χ0) is 13.1. The number of benzene rings is 1. The molecule has 1 aliphatic heterocycles. The smallest absolute Gasteiger partial charge is 0.308 e. The van der Waals surface area contributed by atoms with Gasteiger partial charge in [0, 0.05) is 18.1 Å². The summed E-state index contributed by atoms with van der Waals surface area (Å²) in [7, 11) is 1.44. The van der Waals surface area contributed by atoms with Crippen molar-refractivity contribution < 1.29 is 9.53 Å². The van der Waals surface area contributed by atoms with Crippen LogP contribution in [0.5, 0.6) is 0 Å². The van der Waals surface area contributed by atoms with Crippen LogP contribution in [0.15, 0.2) is 18.2 Å². The van der Waals surface area contributed by atoms with E-state index in [1.54, 1.807) is 6.07 Å². The standard InChI is InChI=1S/C13H17ClN2O2/c1-18-13(17)9-4-6-16(7-5-9)12-3-2-10(14)8-11(12)15/h2-3,8-9H,4-7,15H2,1H3. The van der Waals surface area contributed by atoms with Gasteiger partial charge in [-0.1, -0.05) is 11.6 Å². The minimum absolute atomic E-state index is 0.0137. The molecule has 2 rings (SSSR count). The fraction of sp³-hybridized carbons (Fsp3) is 0.462. The Labute approximate surface area is 112 Å². The summed E-state index contributed by atoms with van der Waals surface area (Å²) in [5.74, 6) is -0.0986. The maximum atomic E-state index is 11.4. The minimum Gasteiger partial charge on any atom is -0.469 e. The number of methoxy groups -OCH3 is 1. The number of nitrogen functional groups attached to an aromatic ring is 1. The lowest BCUT2D eigenvalue weighted by atomic mass is 9.96. The van der Waals surface area contributed by atoms with Gasteiger partial charge in [0.25, 0.3) is 0 Å².